The first-order valence-electron chi connectivity index (χ1n) is 5.08. The zero-order valence-corrected chi connectivity index (χ0v) is 9.68. The fraction of sp³-hybridized carbons (Fsp3) is 0.400. The van der Waals surface area contributed by atoms with Gasteiger partial charge in [0.25, 0.3) is 5.91 Å². The van der Waals surface area contributed by atoms with Crippen molar-refractivity contribution in [3.05, 3.63) is 23.9 Å². The lowest BCUT2D eigenvalue weighted by molar-refractivity contribution is -0.154. The molecular weight excluding hydrogens is 294 g/mol. The van der Waals surface area contributed by atoms with E-state index in [1.165, 1.54) is 11.4 Å². The Hall–Kier alpha value is -2.00. The second kappa shape index (κ2) is 5.97. The molecule has 0 saturated heterocycles. The van der Waals surface area contributed by atoms with Crippen molar-refractivity contribution in [2.75, 3.05) is 13.2 Å². The molecule has 112 valence electrons. The maximum atomic E-state index is 12.0. The van der Waals surface area contributed by atoms with Gasteiger partial charge in [0.05, 0.1) is 0 Å². The number of hydrogen-bond donors (Lipinski definition) is 1. The number of carbonyl (C=O) groups excluding carboxylic acids is 1. The van der Waals surface area contributed by atoms with Gasteiger partial charge in [-0.05, 0) is 12.1 Å². The first-order chi connectivity index (χ1) is 9.08. The van der Waals surface area contributed by atoms with Gasteiger partial charge in [0, 0.05) is 6.20 Å². The fourth-order valence-electron chi connectivity index (χ4n) is 1.10. The summed E-state index contributed by atoms with van der Waals surface area (Å²) in [7, 11) is 0. The van der Waals surface area contributed by atoms with Crippen LogP contribution < -0.4 is 10.1 Å². The molecule has 0 radical (unpaired) electrons. The van der Waals surface area contributed by atoms with Crippen LogP contribution in [0.4, 0.5) is 26.3 Å². The predicted octanol–water partition coefficient (Wildman–Crippen LogP) is 2.31. The molecule has 0 bridgehead atoms. The number of alkyl halides is 6. The third-order valence-electron chi connectivity index (χ3n) is 1.84. The maximum Gasteiger partial charge on any atom is 0.422 e. The molecule has 0 atom stereocenters. The van der Waals surface area contributed by atoms with Crippen LogP contribution in [0.3, 0.4) is 0 Å². The standard InChI is InChI=1S/C10H8F6N2O2/c11-9(12,13)4-18-7(19)6-2-1-3-17-8(6)20-5-10(14,15)16/h1-3H,4-5H2,(H,18,19). The molecule has 0 aliphatic carbocycles. The predicted molar refractivity (Wildman–Crippen MR) is 54.2 cm³/mol. The highest BCUT2D eigenvalue weighted by molar-refractivity contribution is 5.96. The molecule has 0 aliphatic heterocycles. The van der Waals surface area contributed by atoms with Crippen molar-refractivity contribution in [2.45, 2.75) is 12.4 Å². The molecular formula is C10H8F6N2O2. The van der Waals surface area contributed by atoms with Crippen molar-refractivity contribution in [2.24, 2.45) is 0 Å². The minimum Gasteiger partial charge on any atom is -0.467 e. The number of hydrogen-bond acceptors (Lipinski definition) is 3. The molecule has 1 N–H and O–H groups in total. The molecule has 0 aliphatic rings. The van der Waals surface area contributed by atoms with E-state index in [1.54, 1.807) is 0 Å². The van der Waals surface area contributed by atoms with E-state index in [0.717, 1.165) is 12.3 Å². The van der Waals surface area contributed by atoms with Gasteiger partial charge in [-0.3, -0.25) is 4.79 Å². The molecule has 1 aromatic heterocycles. The number of carbonyl (C=O) groups is 1. The normalized spacial score (nSPS) is 12.1. The van der Waals surface area contributed by atoms with Gasteiger partial charge in [-0.25, -0.2) is 4.98 Å². The lowest BCUT2D eigenvalue weighted by Gasteiger charge is -2.12. The van der Waals surface area contributed by atoms with Crippen LogP contribution >= 0.6 is 0 Å². The van der Waals surface area contributed by atoms with E-state index in [0.29, 0.717) is 0 Å². The Bertz CT molecular complexity index is 472. The summed E-state index contributed by atoms with van der Waals surface area (Å²) >= 11 is 0. The lowest BCUT2D eigenvalue weighted by atomic mass is 10.2. The van der Waals surface area contributed by atoms with Crippen molar-refractivity contribution in [1.82, 2.24) is 10.3 Å². The summed E-state index contributed by atoms with van der Waals surface area (Å²) in [6.45, 7) is -3.32. The van der Waals surface area contributed by atoms with Crippen molar-refractivity contribution in [1.29, 1.82) is 0 Å². The third-order valence-corrected chi connectivity index (χ3v) is 1.84. The molecule has 0 fully saturated rings. The van der Waals surface area contributed by atoms with Crippen LogP contribution in [-0.2, 0) is 0 Å². The molecule has 1 heterocycles. The zero-order chi connectivity index (χ0) is 15.4. The highest BCUT2D eigenvalue weighted by Crippen LogP contribution is 2.20. The number of aromatic nitrogens is 1. The number of pyridine rings is 1. The molecule has 1 aromatic rings. The first kappa shape index (κ1) is 16.1. The summed E-state index contributed by atoms with van der Waals surface area (Å²) < 4.78 is 76.0. The van der Waals surface area contributed by atoms with E-state index in [4.69, 9.17) is 0 Å². The van der Waals surface area contributed by atoms with Crippen molar-refractivity contribution >= 4 is 5.91 Å². The lowest BCUT2D eigenvalue weighted by Crippen LogP contribution is -2.34. The molecule has 0 unspecified atom stereocenters. The van der Waals surface area contributed by atoms with Gasteiger partial charge < -0.3 is 10.1 Å². The Morgan fingerprint density at radius 3 is 2.40 bits per heavy atom. The number of nitrogens with one attached hydrogen (secondary N) is 1. The van der Waals surface area contributed by atoms with Crippen LogP contribution in [0.5, 0.6) is 5.88 Å². The summed E-state index contributed by atoms with van der Waals surface area (Å²) in [6, 6.07) is 2.19. The van der Waals surface area contributed by atoms with E-state index in [2.05, 4.69) is 9.72 Å². The summed E-state index contributed by atoms with van der Waals surface area (Å²) in [4.78, 5) is 14.8. The Labute approximate surface area is 108 Å². The minimum atomic E-state index is -4.66. The van der Waals surface area contributed by atoms with Crippen LogP contribution in [0.2, 0.25) is 0 Å². The molecule has 1 rings (SSSR count). The summed E-state index contributed by atoms with van der Waals surface area (Å²) in [5.41, 5.74) is -0.513. The smallest absolute Gasteiger partial charge is 0.422 e. The number of amides is 1. The van der Waals surface area contributed by atoms with Gasteiger partial charge in [0.2, 0.25) is 5.88 Å². The molecule has 4 nitrogen and oxygen atoms in total. The van der Waals surface area contributed by atoms with E-state index >= 15 is 0 Å². The Morgan fingerprint density at radius 2 is 1.85 bits per heavy atom. The van der Waals surface area contributed by atoms with Crippen LogP contribution in [0, 0.1) is 0 Å². The maximum absolute atomic E-state index is 12.0. The van der Waals surface area contributed by atoms with Gasteiger partial charge in [-0.1, -0.05) is 0 Å². The van der Waals surface area contributed by atoms with Crippen molar-refractivity contribution < 1.29 is 35.9 Å². The minimum absolute atomic E-state index is 0.513. The fourth-order valence-corrected chi connectivity index (χ4v) is 1.10. The molecule has 20 heavy (non-hydrogen) atoms. The van der Waals surface area contributed by atoms with Gasteiger partial charge in [-0.15, -0.1) is 0 Å². The third kappa shape index (κ3) is 5.76. The number of halogens is 6. The topological polar surface area (TPSA) is 51.2 Å². The SMILES string of the molecule is O=C(NCC(F)(F)F)c1cccnc1OCC(F)(F)F. The van der Waals surface area contributed by atoms with Gasteiger partial charge >= 0.3 is 12.4 Å². The van der Waals surface area contributed by atoms with Gasteiger partial charge in [0.1, 0.15) is 12.1 Å². The summed E-state index contributed by atoms with van der Waals surface area (Å²) in [6.07, 6.45) is -8.24. The molecule has 0 aromatic carbocycles. The highest BCUT2D eigenvalue weighted by atomic mass is 19.4. The molecule has 0 saturated carbocycles. The molecule has 10 heteroatoms. The summed E-state index contributed by atoms with van der Waals surface area (Å²) in [5.74, 6) is -1.92. The number of nitrogens with zero attached hydrogens (tertiary/aromatic N) is 1. The molecule has 1 amide bonds. The monoisotopic (exact) mass is 302 g/mol. The van der Waals surface area contributed by atoms with Crippen LogP contribution in [0.1, 0.15) is 10.4 Å². The van der Waals surface area contributed by atoms with Gasteiger partial charge in [-0.2, -0.15) is 26.3 Å². The van der Waals surface area contributed by atoms with Crippen LogP contribution in [0.25, 0.3) is 0 Å². The van der Waals surface area contributed by atoms with E-state index in [1.807, 2.05) is 0 Å². The van der Waals surface area contributed by atoms with Crippen LogP contribution in [0.15, 0.2) is 18.3 Å². The Morgan fingerprint density at radius 1 is 1.20 bits per heavy atom. The van der Waals surface area contributed by atoms with Gasteiger partial charge in [0.15, 0.2) is 6.61 Å². The second-order valence-corrected chi connectivity index (χ2v) is 3.56. The largest absolute Gasteiger partial charge is 0.467 e. The Kier molecular flexibility index (Phi) is 4.79. The second-order valence-electron chi connectivity index (χ2n) is 3.56. The summed E-state index contributed by atoms with van der Waals surface area (Å²) in [5, 5.41) is 1.51. The average Bonchev–Trinajstić information content (AvgIpc) is 2.32. The average molecular weight is 302 g/mol. The van der Waals surface area contributed by atoms with Crippen molar-refractivity contribution in [3.63, 3.8) is 0 Å². The van der Waals surface area contributed by atoms with E-state index < -0.39 is 42.9 Å². The quantitative estimate of drug-likeness (QED) is 0.868. The van der Waals surface area contributed by atoms with E-state index in [9.17, 15) is 31.1 Å². The zero-order valence-electron chi connectivity index (χ0n) is 9.68. The van der Waals surface area contributed by atoms with Crippen molar-refractivity contribution in [3.8, 4) is 5.88 Å². The number of ether oxygens (including phenoxy) is 1. The van der Waals surface area contributed by atoms with Crippen LogP contribution in [-0.4, -0.2) is 36.4 Å². The number of rotatable bonds is 4. The highest BCUT2D eigenvalue weighted by Gasteiger charge is 2.31. The Balaban J connectivity index is 2.77. The molecule has 0 spiro atoms. The first-order valence-corrected chi connectivity index (χ1v) is 5.08. The van der Waals surface area contributed by atoms with E-state index in [-0.39, 0.29) is 0 Å².